The smallest absolute Gasteiger partial charge is 0.322 e. The Morgan fingerprint density at radius 2 is 0.824 bits per heavy atom. The normalized spacial score (nSPS) is 10.2. The van der Waals surface area contributed by atoms with Crippen molar-refractivity contribution in [3.63, 3.8) is 0 Å². The van der Waals surface area contributed by atoms with E-state index in [-0.39, 0.29) is 19.0 Å². The number of carboxylic acid groups (broad SMARTS) is 1. The Kier molecular flexibility index (Phi) is 24.2. The Hall–Kier alpha value is -5.18. The zero-order valence-electron chi connectivity index (χ0n) is 30.9. The molecule has 5 N–H and O–H groups in total. The molecule has 0 heterocycles. The van der Waals surface area contributed by atoms with E-state index in [1.807, 2.05) is 13.8 Å². The van der Waals surface area contributed by atoms with Gasteiger partial charge in [-0.15, -0.1) is 0 Å². The number of hydrogen-bond acceptors (Lipinski definition) is 12. The largest absolute Gasteiger partial charge is 0.480 e. The van der Waals surface area contributed by atoms with Crippen LogP contribution in [0.2, 0.25) is 0 Å². The summed E-state index contributed by atoms with van der Waals surface area (Å²) in [5.74, 6) is -5.88. The number of amides is 8. The number of rotatable bonds is 21. The first-order valence-corrected chi connectivity index (χ1v) is 15.6. The molecule has 0 saturated carbocycles. The quantitative estimate of drug-likeness (QED) is 0.0692. The van der Waals surface area contributed by atoms with E-state index in [2.05, 4.69) is 21.3 Å². The van der Waals surface area contributed by atoms with Crippen LogP contribution in [-0.2, 0) is 47.9 Å². The summed E-state index contributed by atoms with van der Waals surface area (Å²) in [5.41, 5.74) is 0. The van der Waals surface area contributed by atoms with Gasteiger partial charge in [-0.1, -0.05) is 13.8 Å². The Bertz CT molecular complexity index is 1230. The highest BCUT2D eigenvalue weighted by Gasteiger charge is 2.21. The van der Waals surface area contributed by atoms with Crippen LogP contribution < -0.4 is 21.3 Å². The molecule has 0 radical (unpaired) electrons. The summed E-state index contributed by atoms with van der Waals surface area (Å²) in [6, 6.07) is 0.421. The van der Waals surface area contributed by atoms with E-state index in [0.29, 0.717) is 12.6 Å². The van der Waals surface area contributed by atoms with E-state index in [4.69, 9.17) is 5.11 Å². The predicted molar refractivity (Wildman–Crippen MR) is 183 cm³/mol. The molecule has 0 aliphatic carbocycles. The summed E-state index contributed by atoms with van der Waals surface area (Å²) < 4.78 is 0. The van der Waals surface area contributed by atoms with Crippen LogP contribution in [0, 0.1) is 0 Å². The van der Waals surface area contributed by atoms with Gasteiger partial charge in [-0.2, -0.15) is 0 Å². The second-order valence-electron chi connectivity index (χ2n) is 11.9. The highest BCUT2D eigenvalue weighted by atomic mass is 16.4. The third kappa shape index (κ3) is 24.6. The highest BCUT2D eigenvalue weighted by Crippen LogP contribution is 1.94. The molecule has 290 valence electrons. The van der Waals surface area contributed by atoms with Gasteiger partial charge in [0.1, 0.15) is 12.8 Å². The molecule has 0 aromatic heterocycles. The van der Waals surface area contributed by atoms with E-state index in [0.717, 1.165) is 25.9 Å². The van der Waals surface area contributed by atoms with Gasteiger partial charge in [-0.3, -0.25) is 43.2 Å². The average molecular weight is 731 g/mol. The SMILES string of the molecule is CC(C)NCC=O.CN(C)CC(=O)N(C)CC(=O)NCC(=O)N(C)CC(=O)N(C)CC(=O)NCC(=O)N(C)CC(=O)N(C)CC(=O)NCC(=O)O. The van der Waals surface area contributed by atoms with Crippen molar-refractivity contribution in [3.8, 4) is 0 Å². The lowest BCUT2D eigenvalue weighted by atomic mass is 10.4. The third-order valence-electron chi connectivity index (χ3n) is 6.39. The molecule has 0 unspecified atom stereocenters. The van der Waals surface area contributed by atoms with Gasteiger partial charge in [0.25, 0.3) is 0 Å². The minimum absolute atomic E-state index is 0.119. The number of nitrogens with zero attached hydrogens (tertiary/aromatic N) is 6. The molecule has 0 aromatic rings. The maximum absolute atomic E-state index is 12.5. The summed E-state index contributed by atoms with van der Waals surface area (Å²) in [5, 5.41) is 18.3. The van der Waals surface area contributed by atoms with Crippen molar-refractivity contribution in [2.75, 3.05) is 115 Å². The summed E-state index contributed by atoms with van der Waals surface area (Å²) in [4.78, 5) is 124. The first-order chi connectivity index (χ1) is 23.6. The van der Waals surface area contributed by atoms with Crippen LogP contribution in [0.15, 0.2) is 0 Å². The van der Waals surface area contributed by atoms with Gasteiger partial charge in [0.05, 0.1) is 58.9 Å². The molecule has 0 aliphatic rings. The number of carbonyl (C=O) groups excluding carboxylic acids is 9. The number of likely N-dealkylation sites (N-methyl/N-ethyl adjacent to an activating group) is 6. The van der Waals surface area contributed by atoms with Crippen LogP contribution in [0.4, 0.5) is 0 Å². The van der Waals surface area contributed by atoms with E-state index in [9.17, 15) is 47.9 Å². The molecule has 51 heavy (non-hydrogen) atoms. The van der Waals surface area contributed by atoms with E-state index < -0.39 is 93.1 Å². The van der Waals surface area contributed by atoms with Gasteiger partial charge in [0.2, 0.25) is 47.3 Å². The number of nitrogens with one attached hydrogen (secondary N) is 4. The first kappa shape index (κ1) is 47.9. The molecule has 0 saturated heterocycles. The van der Waals surface area contributed by atoms with Crippen molar-refractivity contribution in [3.05, 3.63) is 0 Å². The van der Waals surface area contributed by atoms with Crippen molar-refractivity contribution in [2.24, 2.45) is 0 Å². The maximum atomic E-state index is 12.5. The summed E-state index contributed by atoms with van der Waals surface area (Å²) in [6.45, 7) is 1.18. The van der Waals surface area contributed by atoms with Crippen LogP contribution in [0.25, 0.3) is 0 Å². The minimum Gasteiger partial charge on any atom is -0.480 e. The van der Waals surface area contributed by atoms with Gasteiger partial charge >= 0.3 is 5.97 Å². The fraction of sp³-hybridized carbons (Fsp3) is 0.667. The number of carboxylic acids is 1. The molecule has 21 heteroatoms. The Balaban J connectivity index is 0. The van der Waals surface area contributed by atoms with Crippen LogP contribution in [0.3, 0.4) is 0 Å². The van der Waals surface area contributed by atoms with Crippen LogP contribution >= 0.6 is 0 Å². The number of aliphatic carboxylic acids is 1. The third-order valence-corrected chi connectivity index (χ3v) is 6.39. The van der Waals surface area contributed by atoms with Gasteiger partial charge in [-0.05, 0) is 14.1 Å². The van der Waals surface area contributed by atoms with Gasteiger partial charge < -0.3 is 60.6 Å². The second-order valence-corrected chi connectivity index (χ2v) is 11.9. The Morgan fingerprint density at radius 3 is 1.10 bits per heavy atom. The van der Waals surface area contributed by atoms with E-state index in [1.165, 1.54) is 40.1 Å². The topological polar surface area (TPSA) is 258 Å². The molecule has 0 aromatic carbocycles. The molecular weight excluding hydrogens is 676 g/mol. The first-order valence-electron chi connectivity index (χ1n) is 15.6. The highest BCUT2D eigenvalue weighted by molar-refractivity contribution is 5.93. The van der Waals surface area contributed by atoms with Crippen LogP contribution in [-0.4, -0.2) is 215 Å². The maximum Gasteiger partial charge on any atom is 0.322 e. The second kappa shape index (κ2) is 25.7. The van der Waals surface area contributed by atoms with E-state index >= 15 is 0 Å². The molecule has 0 spiro atoms. The van der Waals surface area contributed by atoms with E-state index in [1.54, 1.807) is 19.0 Å². The molecule has 21 nitrogen and oxygen atoms in total. The summed E-state index contributed by atoms with van der Waals surface area (Å²) >= 11 is 0. The summed E-state index contributed by atoms with van der Waals surface area (Å²) in [7, 11) is 10.1. The predicted octanol–water partition coefficient (Wildman–Crippen LogP) is -5.54. The lowest BCUT2D eigenvalue weighted by Crippen LogP contribution is -2.48. The monoisotopic (exact) mass is 730 g/mol. The number of carbonyl (C=O) groups is 10. The minimum atomic E-state index is -1.24. The number of aldehydes is 1. The van der Waals surface area contributed by atoms with Crippen LogP contribution in [0.5, 0.6) is 0 Å². The van der Waals surface area contributed by atoms with Gasteiger partial charge in [-0.25, -0.2) is 0 Å². The molecule has 0 rings (SSSR count). The Labute approximate surface area is 297 Å². The average Bonchev–Trinajstić information content (AvgIpc) is 3.03. The van der Waals surface area contributed by atoms with Crippen molar-refractivity contribution in [1.82, 2.24) is 50.7 Å². The summed E-state index contributed by atoms with van der Waals surface area (Å²) in [6.07, 6.45) is 0.861. The standard InChI is InChI=1S/C25H43N9O10.C5H11NO/c1-29(2)14-22(40)30(3)11-17(35)26-8-20(38)33(6)15-23(41)31(4)12-18(36)27-9-21(39)34(7)16-24(42)32(5)13-19(37)28-10-25(43)44;1-5(2)6-3-4-7/h8-16H2,1-7H3,(H,26,35)(H,27,36)(H,28,37)(H,43,44);4-6H,3H2,1-2H3. The van der Waals surface area contributed by atoms with Crippen molar-refractivity contribution in [2.45, 2.75) is 19.9 Å². The zero-order chi connectivity index (χ0) is 39.8. The lowest BCUT2D eigenvalue weighted by molar-refractivity contribution is -0.141. The zero-order valence-corrected chi connectivity index (χ0v) is 30.9. The van der Waals surface area contributed by atoms with Crippen LogP contribution in [0.1, 0.15) is 13.8 Å². The van der Waals surface area contributed by atoms with Crippen molar-refractivity contribution in [1.29, 1.82) is 0 Å². The fourth-order valence-electron chi connectivity index (χ4n) is 3.37. The number of hydrogen-bond donors (Lipinski definition) is 5. The molecule has 0 atom stereocenters. The van der Waals surface area contributed by atoms with Crippen molar-refractivity contribution >= 4 is 59.5 Å². The molecule has 8 amide bonds. The molecule has 0 fully saturated rings. The Morgan fingerprint density at radius 1 is 0.510 bits per heavy atom. The molecule has 0 bridgehead atoms. The fourth-order valence-corrected chi connectivity index (χ4v) is 3.37. The van der Waals surface area contributed by atoms with Gasteiger partial charge in [0.15, 0.2) is 0 Å². The van der Waals surface area contributed by atoms with Gasteiger partial charge in [0, 0.05) is 41.3 Å². The molecular formula is C30H54N10O11. The lowest BCUT2D eigenvalue weighted by Gasteiger charge is -2.23. The van der Waals surface area contributed by atoms with Crippen molar-refractivity contribution < 1.29 is 53.1 Å². The molecule has 0 aliphatic heterocycles.